The van der Waals surface area contributed by atoms with Gasteiger partial charge in [0.15, 0.2) is 6.10 Å². The fourth-order valence-corrected chi connectivity index (χ4v) is 5.83. The first kappa shape index (κ1) is 52.7. The second kappa shape index (κ2) is 41.3. The Morgan fingerprint density at radius 2 is 0.893 bits per heavy atom. The molecule has 8 nitrogen and oxygen atoms in total. The molecule has 9 heteroatoms. The van der Waals surface area contributed by atoms with Crippen molar-refractivity contribution in [2.45, 2.75) is 155 Å². The lowest BCUT2D eigenvalue weighted by Crippen LogP contribution is -2.29. The van der Waals surface area contributed by atoms with Gasteiger partial charge in [-0.25, -0.2) is 4.57 Å². The summed E-state index contributed by atoms with van der Waals surface area (Å²) in [5.41, 5.74) is 0. The molecule has 2 unspecified atom stereocenters. The Kier molecular flexibility index (Phi) is 38.9. The fourth-order valence-electron chi connectivity index (χ4n) is 5.08. The number of carbonyl (C=O) groups is 2. The fraction of sp³-hybridized carbons (Fsp3) is 0.574. The molecule has 0 aliphatic rings. The Bertz CT molecular complexity index is 1270. The van der Waals surface area contributed by atoms with Crippen molar-refractivity contribution in [1.29, 1.82) is 0 Å². The van der Waals surface area contributed by atoms with Crippen molar-refractivity contribution < 1.29 is 37.6 Å². The van der Waals surface area contributed by atoms with Crippen LogP contribution in [0.15, 0.2) is 109 Å². The molecule has 0 rings (SSSR count). The normalized spacial score (nSPS) is 14.4. The predicted molar refractivity (Wildman–Crippen MR) is 234 cm³/mol. The number of hydrogen-bond acceptors (Lipinski definition) is 7. The molecule has 0 spiro atoms. The van der Waals surface area contributed by atoms with Gasteiger partial charge in [-0.1, -0.05) is 155 Å². The van der Waals surface area contributed by atoms with Crippen LogP contribution < -0.4 is 0 Å². The van der Waals surface area contributed by atoms with Crippen molar-refractivity contribution in [1.82, 2.24) is 0 Å². The maximum absolute atomic E-state index is 12.5. The second-order valence-corrected chi connectivity index (χ2v) is 14.7. The van der Waals surface area contributed by atoms with Crippen LogP contribution in [0.25, 0.3) is 0 Å². The quantitative estimate of drug-likeness (QED) is 0.0286. The number of unbranched alkanes of at least 4 members (excludes halogenated alkanes) is 7. The van der Waals surface area contributed by atoms with Crippen LogP contribution in [0.3, 0.4) is 0 Å². The minimum atomic E-state index is -4.31. The van der Waals surface area contributed by atoms with Crippen LogP contribution >= 0.6 is 7.82 Å². The average Bonchev–Trinajstić information content (AvgIpc) is 3.18. The summed E-state index contributed by atoms with van der Waals surface area (Å²) in [6.07, 6.45) is 55.8. The van der Waals surface area contributed by atoms with Crippen LogP contribution in [-0.4, -0.2) is 42.8 Å². The molecule has 0 amide bonds. The maximum atomic E-state index is 12.5. The number of ether oxygens (including phenoxy) is 2. The van der Waals surface area contributed by atoms with E-state index in [9.17, 15) is 19.0 Å². The van der Waals surface area contributed by atoms with E-state index in [0.29, 0.717) is 12.8 Å². The highest BCUT2D eigenvalue weighted by Gasteiger charge is 2.25. The lowest BCUT2D eigenvalue weighted by Gasteiger charge is -2.19. The first-order valence-corrected chi connectivity index (χ1v) is 22.7. The van der Waals surface area contributed by atoms with Crippen LogP contribution in [0.2, 0.25) is 0 Å². The summed E-state index contributed by atoms with van der Waals surface area (Å²) in [7, 11) is -4.31. The lowest BCUT2D eigenvalue weighted by molar-refractivity contribution is -0.161. The summed E-state index contributed by atoms with van der Waals surface area (Å²) in [4.78, 5) is 34.7. The standard InChI is InChI=1S/C47H75O8P/c1-4-7-9-11-13-15-17-19-21-23-24-26-28-30-32-34-36-38-40-42-47(49)55-45(44-54-56(50,51)53-6-3)43-52-46(48)41-39-37-35-33-31-29-27-25-22-20-18-16-14-12-10-8-5-2/h7-10,13-16,19-22,24,26,30,32,36,38,45H,4-6,11-12,17-18,23,25,27-29,31,33-35,37,39-44H2,1-3H3,(H,50,51)/b9-7-,10-8-,15-13-,16-14-,21-19-,22-20-,26-24-,32-30-,38-36-. The molecule has 0 aromatic rings. The number of rotatable bonds is 37. The van der Waals surface area contributed by atoms with E-state index in [1.165, 1.54) is 19.3 Å². The molecule has 0 aromatic carbocycles. The monoisotopic (exact) mass is 799 g/mol. The first-order chi connectivity index (χ1) is 27.3. The highest BCUT2D eigenvalue weighted by molar-refractivity contribution is 7.47. The number of phosphoric ester groups is 1. The van der Waals surface area contributed by atoms with E-state index in [0.717, 1.165) is 83.5 Å². The van der Waals surface area contributed by atoms with Gasteiger partial charge in [-0.05, 0) is 90.4 Å². The van der Waals surface area contributed by atoms with Gasteiger partial charge < -0.3 is 14.4 Å². The van der Waals surface area contributed by atoms with Gasteiger partial charge in [0.2, 0.25) is 0 Å². The molecule has 316 valence electrons. The number of phosphoric acid groups is 1. The van der Waals surface area contributed by atoms with Gasteiger partial charge in [0.05, 0.1) is 13.2 Å². The Morgan fingerprint density at radius 1 is 0.482 bits per heavy atom. The van der Waals surface area contributed by atoms with Gasteiger partial charge in [0, 0.05) is 12.8 Å². The van der Waals surface area contributed by atoms with Crippen LogP contribution in [-0.2, 0) is 32.7 Å². The van der Waals surface area contributed by atoms with Crippen molar-refractivity contribution in [2.24, 2.45) is 0 Å². The Hall–Kier alpha value is -3.29. The molecule has 2 atom stereocenters. The second-order valence-electron chi connectivity index (χ2n) is 13.2. The van der Waals surface area contributed by atoms with Gasteiger partial charge in [0.25, 0.3) is 0 Å². The molecule has 0 saturated carbocycles. The zero-order valence-electron chi connectivity index (χ0n) is 35.0. The van der Waals surface area contributed by atoms with Crippen LogP contribution in [0.5, 0.6) is 0 Å². The molecule has 0 fully saturated rings. The molecule has 0 saturated heterocycles. The first-order valence-electron chi connectivity index (χ1n) is 21.2. The highest BCUT2D eigenvalue weighted by Crippen LogP contribution is 2.43. The van der Waals surface area contributed by atoms with Crippen molar-refractivity contribution in [3.63, 3.8) is 0 Å². The third-order valence-corrected chi connectivity index (χ3v) is 9.15. The highest BCUT2D eigenvalue weighted by atomic mass is 31.2. The third kappa shape index (κ3) is 40.4. The molecular formula is C47H75O8P. The molecule has 0 aromatic heterocycles. The average molecular weight is 799 g/mol. The zero-order valence-corrected chi connectivity index (χ0v) is 35.9. The van der Waals surface area contributed by atoms with E-state index < -0.39 is 32.5 Å². The molecule has 0 heterocycles. The number of hydrogen-bond donors (Lipinski definition) is 1. The van der Waals surface area contributed by atoms with Crippen molar-refractivity contribution in [2.75, 3.05) is 19.8 Å². The summed E-state index contributed by atoms with van der Waals surface area (Å²) in [6.45, 7) is 5.12. The lowest BCUT2D eigenvalue weighted by atomic mass is 10.1. The van der Waals surface area contributed by atoms with Crippen molar-refractivity contribution >= 4 is 19.8 Å². The molecule has 0 aliphatic carbocycles. The number of esters is 2. The Balaban J connectivity index is 4.26. The van der Waals surface area contributed by atoms with E-state index in [2.05, 4.69) is 111 Å². The zero-order chi connectivity index (χ0) is 41.1. The summed E-state index contributed by atoms with van der Waals surface area (Å²) in [5.74, 6) is -0.919. The largest absolute Gasteiger partial charge is 0.472 e. The van der Waals surface area contributed by atoms with E-state index in [-0.39, 0.29) is 26.1 Å². The number of carbonyl (C=O) groups excluding carboxylic acids is 2. The van der Waals surface area contributed by atoms with Crippen LogP contribution in [0.1, 0.15) is 149 Å². The minimum Gasteiger partial charge on any atom is -0.462 e. The van der Waals surface area contributed by atoms with Gasteiger partial charge >= 0.3 is 19.8 Å². The summed E-state index contributed by atoms with van der Waals surface area (Å²) < 4.78 is 32.5. The third-order valence-electron chi connectivity index (χ3n) is 8.09. The molecule has 0 bridgehead atoms. The summed E-state index contributed by atoms with van der Waals surface area (Å²) in [6, 6.07) is 0. The summed E-state index contributed by atoms with van der Waals surface area (Å²) >= 11 is 0. The Morgan fingerprint density at radius 3 is 1.36 bits per heavy atom. The van der Waals surface area contributed by atoms with Crippen LogP contribution in [0, 0.1) is 0 Å². The maximum Gasteiger partial charge on any atom is 0.472 e. The Labute approximate surface area is 340 Å². The molecule has 0 radical (unpaired) electrons. The minimum absolute atomic E-state index is 0.0215. The molecule has 1 N–H and O–H groups in total. The summed E-state index contributed by atoms with van der Waals surface area (Å²) in [5, 5.41) is 0. The smallest absolute Gasteiger partial charge is 0.462 e. The molecule has 56 heavy (non-hydrogen) atoms. The van der Waals surface area contributed by atoms with Gasteiger partial charge in [-0.3, -0.25) is 18.6 Å². The van der Waals surface area contributed by atoms with E-state index >= 15 is 0 Å². The van der Waals surface area contributed by atoms with E-state index in [1.54, 1.807) is 6.92 Å². The van der Waals surface area contributed by atoms with Crippen molar-refractivity contribution in [3.05, 3.63) is 109 Å². The van der Waals surface area contributed by atoms with Gasteiger partial charge in [-0.15, -0.1) is 0 Å². The van der Waals surface area contributed by atoms with Gasteiger partial charge in [0.1, 0.15) is 6.61 Å². The molecular weight excluding hydrogens is 723 g/mol. The van der Waals surface area contributed by atoms with E-state index in [4.69, 9.17) is 18.5 Å². The number of allylic oxidation sites excluding steroid dienone is 18. The SMILES string of the molecule is CC/C=C\C/C=C\C/C=C\C/C=C\C/C=C\C/C=C\CCC(=O)OC(COC(=O)CCCCCCCCC/C=C\C/C=C\C/C=C\CC)COP(=O)(O)OCC. The van der Waals surface area contributed by atoms with Crippen molar-refractivity contribution in [3.8, 4) is 0 Å². The topological polar surface area (TPSA) is 108 Å². The van der Waals surface area contributed by atoms with Crippen LogP contribution in [0.4, 0.5) is 0 Å². The van der Waals surface area contributed by atoms with E-state index in [1.807, 2.05) is 12.2 Å². The predicted octanol–water partition coefficient (Wildman–Crippen LogP) is 13.4. The molecule has 0 aliphatic heterocycles. The van der Waals surface area contributed by atoms with Gasteiger partial charge in [-0.2, -0.15) is 0 Å².